The molecule has 114 valence electrons. The van der Waals surface area contributed by atoms with Crippen LogP contribution in [0.3, 0.4) is 0 Å². The Morgan fingerprint density at radius 1 is 1.43 bits per heavy atom. The lowest BCUT2D eigenvalue weighted by Gasteiger charge is -2.37. The summed E-state index contributed by atoms with van der Waals surface area (Å²) in [7, 11) is 0. The van der Waals surface area contributed by atoms with Gasteiger partial charge in [-0.25, -0.2) is 9.18 Å². The van der Waals surface area contributed by atoms with Crippen molar-refractivity contribution in [3.05, 3.63) is 35.1 Å². The average molecular weight is 402 g/mol. The number of carbonyl (C=O) groups is 1. The van der Waals surface area contributed by atoms with Crippen LogP contribution in [-0.2, 0) is 4.74 Å². The molecule has 2 aliphatic carbocycles. The zero-order valence-corrected chi connectivity index (χ0v) is 14.7. The van der Waals surface area contributed by atoms with Crippen molar-refractivity contribution >= 4 is 28.6 Å². The fraction of sp³-hybridized carbons (Fsp3) is 0.588. The van der Waals surface area contributed by atoms with Crippen LogP contribution in [0, 0.1) is 24.1 Å². The Kier molecular flexibility index (Phi) is 3.58. The van der Waals surface area contributed by atoms with E-state index in [1.54, 1.807) is 13.0 Å². The molecule has 2 nitrogen and oxygen atoms in total. The summed E-state index contributed by atoms with van der Waals surface area (Å²) < 4.78 is 19.3. The number of carbonyl (C=O) groups excluding carboxylic acids is 1. The third kappa shape index (κ3) is 2.21. The molecule has 0 saturated heterocycles. The number of hydrogen-bond acceptors (Lipinski definition) is 2. The van der Waals surface area contributed by atoms with Crippen LogP contribution in [0.5, 0.6) is 0 Å². The molecule has 2 aliphatic rings. The van der Waals surface area contributed by atoms with Crippen molar-refractivity contribution in [1.29, 1.82) is 0 Å². The smallest absolute Gasteiger partial charge is 0.338 e. The van der Waals surface area contributed by atoms with E-state index in [1.807, 2.05) is 0 Å². The molecule has 2 fully saturated rings. The molecule has 2 saturated carbocycles. The minimum Gasteiger partial charge on any atom is -0.458 e. The van der Waals surface area contributed by atoms with Crippen molar-refractivity contribution in [2.24, 2.45) is 11.3 Å². The van der Waals surface area contributed by atoms with Crippen LogP contribution in [0.1, 0.15) is 49.0 Å². The number of ether oxygens (including phenoxy) is 1. The molecule has 21 heavy (non-hydrogen) atoms. The molecule has 0 radical (unpaired) electrons. The molecule has 3 rings (SSSR count). The van der Waals surface area contributed by atoms with Gasteiger partial charge in [-0.15, -0.1) is 0 Å². The van der Waals surface area contributed by atoms with Gasteiger partial charge < -0.3 is 4.74 Å². The van der Waals surface area contributed by atoms with E-state index in [0.29, 0.717) is 17.0 Å². The summed E-state index contributed by atoms with van der Waals surface area (Å²) in [6, 6.07) is 4.40. The second kappa shape index (κ2) is 4.93. The highest BCUT2D eigenvalue weighted by molar-refractivity contribution is 14.1. The van der Waals surface area contributed by atoms with E-state index >= 15 is 0 Å². The number of fused-ring (bicyclic) bond motifs is 2. The van der Waals surface area contributed by atoms with Gasteiger partial charge in [-0.3, -0.25) is 0 Å². The maximum atomic E-state index is 13.3. The van der Waals surface area contributed by atoms with Crippen LogP contribution in [0.25, 0.3) is 0 Å². The number of alkyl halides is 1. The van der Waals surface area contributed by atoms with Crippen molar-refractivity contribution in [2.45, 2.75) is 49.6 Å². The first-order valence-electron chi connectivity index (χ1n) is 7.42. The Morgan fingerprint density at radius 3 is 2.67 bits per heavy atom. The molecule has 1 aromatic carbocycles. The summed E-state index contributed by atoms with van der Waals surface area (Å²) in [5.74, 6) is -0.00167. The van der Waals surface area contributed by atoms with Gasteiger partial charge in [-0.05, 0) is 62.8 Å². The predicted octanol–water partition coefficient (Wildman–Crippen LogP) is 4.67. The molecule has 4 unspecified atom stereocenters. The Labute approximate surface area is 138 Å². The molecule has 0 aromatic heterocycles. The summed E-state index contributed by atoms with van der Waals surface area (Å²) in [6.07, 6.45) is 3.25. The van der Waals surface area contributed by atoms with Crippen molar-refractivity contribution in [3.8, 4) is 0 Å². The van der Waals surface area contributed by atoms with Gasteiger partial charge in [0.2, 0.25) is 0 Å². The highest BCUT2D eigenvalue weighted by Gasteiger charge is 2.64. The van der Waals surface area contributed by atoms with Gasteiger partial charge in [-0.2, -0.15) is 0 Å². The molecule has 4 atom stereocenters. The quantitative estimate of drug-likeness (QED) is 0.408. The third-order valence-electron chi connectivity index (χ3n) is 5.75. The van der Waals surface area contributed by atoms with E-state index in [9.17, 15) is 9.18 Å². The van der Waals surface area contributed by atoms with Crippen molar-refractivity contribution in [2.75, 3.05) is 0 Å². The lowest BCUT2D eigenvalue weighted by molar-refractivity contribution is -0.00852. The third-order valence-corrected chi connectivity index (χ3v) is 7.86. The molecule has 2 bridgehead atoms. The molecular weight excluding hydrogens is 382 g/mol. The average Bonchev–Trinajstić information content (AvgIpc) is 2.75. The fourth-order valence-corrected chi connectivity index (χ4v) is 5.12. The van der Waals surface area contributed by atoms with Crippen LogP contribution in [0.4, 0.5) is 4.39 Å². The van der Waals surface area contributed by atoms with Gasteiger partial charge in [0.05, 0.1) is 5.56 Å². The summed E-state index contributed by atoms with van der Waals surface area (Å²) in [6.45, 7) is 6.17. The first kappa shape index (κ1) is 15.3. The van der Waals surface area contributed by atoms with Crippen LogP contribution in [0.15, 0.2) is 18.2 Å². The van der Waals surface area contributed by atoms with Gasteiger partial charge in [0.15, 0.2) is 0 Å². The van der Waals surface area contributed by atoms with E-state index in [1.165, 1.54) is 18.6 Å². The van der Waals surface area contributed by atoms with Gasteiger partial charge in [0.25, 0.3) is 0 Å². The maximum absolute atomic E-state index is 13.3. The summed E-state index contributed by atoms with van der Waals surface area (Å²) >= 11 is 2.54. The Hall–Kier alpha value is -0.650. The largest absolute Gasteiger partial charge is 0.458 e. The minimum atomic E-state index is -0.330. The lowest BCUT2D eigenvalue weighted by atomic mass is 9.79. The summed E-state index contributed by atoms with van der Waals surface area (Å²) in [5, 5.41) is 0. The van der Waals surface area contributed by atoms with E-state index in [0.717, 1.165) is 12.8 Å². The normalized spacial score (nSPS) is 37.8. The van der Waals surface area contributed by atoms with Crippen LogP contribution >= 0.6 is 22.6 Å². The van der Waals surface area contributed by atoms with Crippen LogP contribution in [0.2, 0.25) is 0 Å². The number of hydrogen-bond donors (Lipinski definition) is 0. The highest BCUT2D eigenvalue weighted by atomic mass is 127. The second-order valence-electron chi connectivity index (χ2n) is 6.82. The number of esters is 1. The Balaban J connectivity index is 1.79. The fourth-order valence-electron chi connectivity index (χ4n) is 3.94. The molecule has 0 aliphatic heterocycles. The SMILES string of the molecule is Cc1cc(C(=O)OC2CC3CCC2(C)C3(C)I)ccc1F. The van der Waals surface area contributed by atoms with Gasteiger partial charge in [0.1, 0.15) is 11.9 Å². The monoisotopic (exact) mass is 402 g/mol. The molecule has 0 spiro atoms. The van der Waals surface area contributed by atoms with Gasteiger partial charge in [0, 0.05) is 8.84 Å². The van der Waals surface area contributed by atoms with E-state index in [-0.39, 0.29) is 26.7 Å². The molecule has 4 heteroatoms. The molecular formula is C17H20FIO2. The number of halogens is 2. The number of rotatable bonds is 2. The van der Waals surface area contributed by atoms with E-state index in [4.69, 9.17) is 4.74 Å². The number of aryl methyl sites for hydroxylation is 1. The lowest BCUT2D eigenvalue weighted by Crippen LogP contribution is -2.40. The second-order valence-corrected chi connectivity index (χ2v) is 9.06. The zero-order valence-electron chi connectivity index (χ0n) is 12.6. The Morgan fingerprint density at radius 2 is 2.14 bits per heavy atom. The topological polar surface area (TPSA) is 26.3 Å². The first-order chi connectivity index (χ1) is 9.75. The van der Waals surface area contributed by atoms with Crippen molar-refractivity contribution in [3.63, 3.8) is 0 Å². The predicted molar refractivity (Wildman–Crippen MR) is 88.2 cm³/mol. The number of benzene rings is 1. The van der Waals surface area contributed by atoms with Crippen molar-refractivity contribution < 1.29 is 13.9 Å². The van der Waals surface area contributed by atoms with Crippen LogP contribution in [-0.4, -0.2) is 15.5 Å². The standard InChI is InChI=1S/C17H20FIO2/c1-10-8-11(4-5-13(10)18)15(20)21-14-9-12-6-7-16(14,2)17(12,3)19/h4-5,8,12,14H,6-7,9H2,1-3H3. The summed E-state index contributed by atoms with van der Waals surface area (Å²) in [4.78, 5) is 12.3. The Bertz CT molecular complexity index is 598. The zero-order chi connectivity index (χ0) is 15.4. The maximum Gasteiger partial charge on any atom is 0.338 e. The highest BCUT2D eigenvalue weighted by Crippen LogP contribution is 2.65. The minimum absolute atomic E-state index is 0.0315. The van der Waals surface area contributed by atoms with Crippen LogP contribution < -0.4 is 0 Å². The summed E-state index contributed by atoms with van der Waals surface area (Å²) in [5.41, 5.74) is 0.959. The molecule has 1 aromatic rings. The van der Waals surface area contributed by atoms with Gasteiger partial charge >= 0.3 is 5.97 Å². The van der Waals surface area contributed by atoms with Gasteiger partial charge in [-0.1, -0.05) is 29.5 Å². The molecule has 0 heterocycles. The molecule has 0 N–H and O–H groups in total. The first-order valence-corrected chi connectivity index (χ1v) is 8.49. The van der Waals surface area contributed by atoms with E-state index in [2.05, 4.69) is 36.4 Å². The molecule has 0 amide bonds. The van der Waals surface area contributed by atoms with Crippen molar-refractivity contribution in [1.82, 2.24) is 0 Å². The van der Waals surface area contributed by atoms with E-state index < -0.39 is 0 Å².